The molecule has 0 aliphatic rings. The van der Waals surface area contributed by atoms with Gasteiger partial charge in [0, 0.05) is 29.7 Å². The molecule has 27 heavy (non-hydrogen) atoms. The molecule has 0 atom stereocenters. The average molecular weight is 383 g/mol. The fourth-order valence-electron chi connectivity index (χ4n) is 2.83. The first-order chi connectivity index (χ1) is 13.1. The molecule has 0 saturated carbocycles. The quantitative estimate of drug-likeness (QED) is 0.554. The first-order valence-corrected chi connectivity index (χ1v) is 8.68. The van der Waals surface area contributed by atoms with Crippen molar-refractivity contribution in [2.24, 2.45) is 0 Å². The fraction of sp³-hybridized carbons (Fsp3) is 0.105. The smallest absolute Gasteiger partial charge is 0.326 e. The molecule has 0 fully saturated rings. The van der Waals surface area contributed by atoms with E-state index in [-0.39, 0.29) is 23.8 Å². The molecule has 1 amide bonds. The van der Waals surface area contributed by atoms with Crippen molar-refractivity contribution >= 4 is 28.5 Å². The number of aromatic amines is 1. The number of nitrogens with zero attached hydrogens (tertiary/aromatic N) is 2. The Labute approximate surface area is 158 Å². The van der Waals surface area contributed by atoms with Gasteiger partial charge in [0.1, 0.15) is 0 Å². The molecule has 2 aromatic carbocycles. The molecule has 2 aromatic heterocycles. The highest BCUT2D eigenvalue weighted by atomic mass is 35.5. The minimum Gasteiger partial charge on any atom is -0.355 e. The number of nitrogens with one attached hydrogen (secondary N) is 2. The number of hydrogen-bond donors (Lipinski definition) is 2. The lowest BCUT2D eigenvalue weighted by Crippen LogP contribution is -2.30. The standard InChI is InChI=1S/C19H15ClN4O3/c20-13-7-5-12(6-8-13)17-11-15(23-27-17)18(25)21-9-10-24-16-4-2-1-3-14(16)22-19(24)26/h1-8,11H,9-10H2,(H,21,25)(H,22,26). The van der Waals surface area contributed by atoms with Crippen LogP contribution in [0.4, 0.5) is 0 Å². The number of H-pyrrole nitrogens is 1. The summed E-state index contributed by atoms with van der Waals surface area (Å²) < 4.78 is 6.81. The largest absolute Gasteiger partial charge is 0.355 e. The summed E-state index contributed by atoms with van der Waals surface area (Å²) in [6.45, 7) is 0.625. The van der Waals surface area contributed by atoms with Crippen molar-refractivity contribution in [2.45, 2.75) is 6.54 Å². The molecule has 2 N–H and O–H groups in total. The van der Waals surface area contributed by atoms with Gasteiger partial charge in [-0.15, -0.1) is 0 Å². The van der Waals surface area contributed by atoms with Gasteiger partial charge in [0.25, 0.3) is 5.91 Å². The highest BCUT2D eigenvalue weighted by molar-refractivity contribution is 6.30. The first-order valence-electron chi connectivity index (χ1n) is 8.30. The normalized spacial score (nSPS) is 11.0. The Balaban J connectivity index is 1.42. The van der Waals surface area contributed by atoms with E-state index in [0.29, 0.717) is 17.3 Å². The molecule has 0 unspecified atom stereocenters. The number of carbonyl (C=O) groups excluding carboxylic acids is 1. The second-order valence-corrected chi connectivity index (χ2v) is 6.37. The van der Waals surface area contributed by atoms with Crippen LogP contribution >= 0.6 is 11.6 Å². The molecular weight excluding hydrogens is 368 g/mol. The number of para-hydroxylation sites is 2. The maximum atomic E-state index is 12.3. The summed E-state index contributed by atoms with van der Waals surface area (Å²) in [4.78, 5) is 27.1. The third kappa shape index (κ3) is 3.50. The monoisotopic (exact) mass is 382 g/mol. The lowest BCUT2D eigenvalue weighted by molar-refractivity contribution is 0.0943. The molecule has 4 aromatic rings. The Kier molecular flexibility index (Phi) is 4.52. The zero-order valence-corrected chi connectivity index (χ0v) is 14.9. The number of aromatic nitrogens is 3. The molecule has 7 nitrogen and oxygen atoms in total. The predicted octanol–water partition coefficient (Wildman–Crippen LogP) is 3.07. The molecule has 0 radical (unpaired) electrons. The lowest BCUT2D eigenvalue weighted by Gasteiger charge is -2.04. The van der Waals surface area contributed by atoms with E-state index in [4.69, 9.17) is 16.1 Å². The Bertz CT molecular complexity index is 1160. The summed E-state index contributed by atoms with van der Waals surface area (Å²) in [5, 5.41) is 7.16. The third-order valence-electron chi connectivity index (χ3n) is 4.17. The van der Waals surface area contributed by atoms with Crippen LogP contribution in [-0.4, -0.2) is 27.2 Å². The van der Waals surface area contributed by atoms with E-state index in [1.54, 1.807) is 34.9 Å². The van der Waals surface area contributed by atoms with Gasteiger partial charge in [-0.2, -0.15) is 0 Å². The zero-order valence-electron chi connectivity index (χ0n) is 14.1. The van der Waals surface area contributed by atoms with E-state index in [1.807, 2.05) is 24.3 Å². The van der Waals surface area contributed by atoms with Gasteiger partial charge in [-0.3, -0.25) is 9.36 Å². The molecule has 4 rings (SSSR count). The number of fused-ring (bicyclic) bond motifs is 1. The van der Waals surface area contributed by atoms with Gasteiger partial charge < -0.3 is 14.8 Å². The van der Waals surface area contributed by atoms with E-state index in [2.05, 4.69) is 15.5 Å². The number of imidazole rings is 1. The minimum absolute atomic E-state index is 0.172. The number of hydrogen-bond acceptors (Lipinski definition) is 4. The van der Waals surface area contributed by atoms with Crippen molar-refractivity contribution in [1.29, 1.82) is 0 Å². The molecule has 2 heterocycles. The molecule has 0 aliphatic heterocycles. The Morgan fingerprint density at radius 2 is 1.96 bits per heavy atom. The van der Waals surface area contributed by atoms with Gasteiger partial charge in [-0.1, -0.05) is 28.9 Å². The van der Waals surface area contributed by atoms with E-state index in [0.717, 1.165) is 16.6 Å². The predicted molar refractivity (Wildman–Crippen MR) is 102 cm³/mol. The molecule has 136 valence electrons. The van der Waals surface area contributed by atoms with E-state index >= 15 is 0 Å². The number of amides is 1. The van der Waals surface area contributed by atoms with Crippen molar-refractivity contribution in [1.82, 2.24) is 20.0 Å². The summed E-state index contributed by atoms with van der Waals surface area (Å²) in [5.74, 6) is 0.108. The summed E-state index contributed by atoms with van der Waals surface area (Å²) in [7, 11) is 0. The molecule has 0 aliphatic carbocycles. The van der Waals surface area contributed by atoms with Crippen LogP contribution in [-0.2, 0) is 6.54 Å². The second kappa shape index (κ2) is 7.13. The topological polar surface area (TPSA) is 92.9 Å². The van der Waals surface area contributed by atoms with E-state index in [1.165, 1.54) is 0 Å². The molecule has 0 bridgehead atoms. The molecule has 8 heteroatoms. The third-order valence-corrected chi connectivity index (χ3v) is 4.43. The van der Waals surface area contributed by atoms with Crippen LogP contribution in [0.5, 0.6) is 0 Å². The van der Waals surface area contributed by atoms with Gasteiger partial charge >= 0.3 is 5.69 Å². The fourth-order valence-corrected chi connectivity index (χ4v) is 2.96. The second-order valence-electron chi connectivity index (χ2n) is 5.94. The summed E-state index contributed by atoms with van der Waals surface area (Å²) in [6, 6.07) is 16.0. The maximum absolute atomic E-state index is 12.3. The summed E-state index contributed by atoms with van der Waals surface area (Å²) in [5.41, 5.74) is 2.29. The van der Waals surface area contributed by atoms with Crippen molar-refractivity contribution in [3.8, 4) is 11.3 Å². The molecule has 0 spiro atoms. The Hall–Kier alpha value is -3.32. The number of halogens is 1. The number of rotatable bonds is 5. The van der Waals surface area contributed by atoms with Crippen molar-refractivity contribution in [2.75, 3.05) is 6.54 Å². The van der Waals surface area contributed by atoms with Gasteiger partial charge in [0.15, 0.2) is 11.5 Å². The van der Waals surface area contributed by atoms with Crippen molar-refractivity contribution < 1.29 is 9.32 Å². The van der Waals surface area contributed by atoms with Crippen LogP contribution in [0.25, 0.3) is 22.4 Å². The van der Waals surface area contributed by atoms with Crippen molar-refractivity contribution in [3.05, 3.63) is 75.8 Å². The first kappa shape index (κ1) is 17.1. The number of carbonyl (C=O) groups is 1. The Morgan fingerprint density at radius 3 is 2.78 bits per heavy atom. The van der Waals surface area contributed by atoms with Crippen LogP contribution in [0, 0.1) is 0 Å². The van der Waals surface area contributed by atoms with E-state index < -0.39 is 0 Å². The lowest BCUT2D eigenvalue weighted by atomic mass is 10.1. The molecule has 0 saturated heterocycles. The van der Waals surface area contributed by atoms with Crippen LogP contribution in [0.2, 0.25) is 5.02 Å². The van der Waals surface area contributed by atoms with Gasteiger partial charge in [-0.05, 0) is 36.4 Å². The van der Waals surface area contributed by atoms with Gasteiger partial charge in [-0.25, -0.2) is 4.79 Å². The maximum Gasteiger partial charge on any atom is 0.326 e. The summed E-state index contributed by atoms with van der Waals surface area (Å²) >= 11 is 5.86. The van der Waals surface area contributed by atoms with Crippen LogP contribution in [0.3, 0.4) is 0 Å². The minimum atomic E-state index is -0.369. The SMILES string of the molecule is O=C(NCCn1c(=O)[nH]c2ccccc21)c1cc(-c2ccc(Cl)cc2)on1. The zero-order chi connectivity index (χ0) is 18.8. The van der Waals surface area contributed by atoms with Crippen LogP contribution in [0.15, 0.2) is 63.9 Å². The van der Waals surface area contributed by atoms with E-state index in [9.17, 15) is 9.59 Å². The van der Waals surface area contributed by atoms with Gasteiger partial charge in [0.05, 0.1) is 11.0 Å². The van der Waals surface area contributed by atoms with Gasteiger partial charge in [0.2, 0.25) is 0 Å². The highest BCUT2D eigenvalue weighted by Gasteiger charge is 2.14. The van der Waals surface area contributed by atoms with Crippen LogP contribution in [0.1, 0.15) is 10.5 Å². The average Bonchev–Trinajstić information content (AvgIpc) is 3.27. The highest BCUT2D eigenvalue weighted by Crippen LogP contribution is 2.22. The molecular formula is C19H15ClN4O3. The van der Waals surface area contributed by atoms with Crippen LogP contribution < -0.4 is 11.0 Å². The summed E-state index contributed by atoms with van der Waals surface area (Å²) in [6.07, 6.45) is 0. The number of benzene rings is 2. The Morgan fingerprint density at radius 1 is 1.19 bits per heavy atom. The van der Waals surface area contributed by atoms with Crippen molar-refractivity contribution in [3.63, 3.8) is 0 Å².